The molecule has 0 spiro atoms. The third-order valence-corrected chi connectivity index (χ3v) is 9.00. The first-order valence-corrected chi connectivity index (χ1v) is 12.3. The van der Waals surface area contributed by atoms with Gasteiger partial charge in [-0.3, -0.25) is 0 Å². The van der Waals surface area contributed by atoms with Gasteiger partial charge in [0.1, 0.15) is 0 Å². The van der Waals surface area contributed by atoms with Gasteiger partial charge in [0, 0.05) is 16.6 Å². The quantitative estimate of drug-likeness (QED) is 0.490. The van der Waals surface area contributed by atoms with Crippen LogP contribution in [0.2, 0.25) is 0 Å². The summed E-state index contributed by atoms with van der Waals surface area (Å²) in [4.78, 5) is 0.417. The largest absolute Gasteiger partial charge is 0.290 e. The smallest absolute Gasteiger partial charge is 0.244 e. The predicted octanol–water partition coefficient (Wildman–Crippen LogP) is 5.18. The minimum atomic E-state index is -4.10. The molecule has 0 heterocycles. The third-order valence-electron chi connectivity index (χ3n) is 4.57. The highest BCUT2D eigenvalue weighted by Gasteiger charge is 2.24. The molecule has 0 N–H and O–H groups in total. The molecule has 0 amide bonds. The van der Waals surface area contributed by atoms with Crippen molar-refractivity contribution in [1.82, 2.24) is 0 Å². The van der Waals surface area contributed by atoms with Crippen molar-refractivity contribution in [2.75, 3.05) is 5.75 Å². The molecule has 3 aromatic carbocycles. The fraction of sp³-hybridized carbons (Fsp3) is 0.130. The average molecular weight is 426 g/mol. The summed E-state index contributed by atoms with van der Waals surface area (Å²) in [5.74, 6) is -0.281. The van der Waals surface area contributed by atoms with Crippen molar-refractivity contribution < 1.29 is 12.6 Å². The van der Waals surface area contributed by atoms with E-state index in [1.165, 1.54) is 12.1 Å². The molecular formula is C23H23NO3S2. The summed E-state index contributed by atoms with van der Waals surface area (Å²) in [6, 6.07) is 24.4. The van der Waals surface area contributed by atoms with Crippen LogP contribution in [0.15, 0.2) is 111 Å². The van der Waals surface area contributed by atoms with Crippen LogP contribution in [0.1, 0.15) is 17.0 Å². The summed E-state index contributed by atoms with van der Waals surface area (Å²) >= 11 is 0. The second kappa shape index (κ2) is 8.76. The lowest BCUT2D eigenvalue weighted by molar-refractivity contribution is 0.598. The number of rotatable bonds is 7. The van der Waals surface area contributed by atoms with Crippen molar-refractivity contribution in [3.63, 3.8) is 0 Å². The predicted molar refractivity (Wildman–Crippen MR) is 118 cm³/mol. The van der Waals surface area contributed by atoms with E-state index < -0.39 is 19.8 Å². The van der Waals surface area contributed by atoms with E-state index in [-0.39, 0.29) is 16.6 Å². The molecule has 4 nitrogen and oxygen atoms in total. The van der Waals surface area contributed by atoms with Gasteiger partial charge in [-0.2, -0.15) is 8.42 Å². The molecule has 0 aliphatic heterocycles. The molecule has 29 heavy (non-hydrogen) atoms. The normalized spacial score (nSPS) is 14.5. The highest BCUT2D eigenvalue weighted by molar-refractivity contribution is 8.03. The van der Waals surface area contributed by atoms with Crippen LogP contribution in [0.4, 0.5) is 0 Å². The molecule has 0 aliphatic rings. The Morgan fingerprint density at radius 3 is 1.93 bits per heavy atom. The van der Waals surface area contributed by atoms with Gasteiger partial charge in [-0.1, -0.05) is 72.3 Å². The van der Waals surface area contributed by atoms with E-state index in [0.717, 1.165) is 11.1 Å². The molecule has 3 rings (SSSR count). The molecule has 0 saturated carbocycles. The molecule has 3 aromatic rings. The van der Waals surface area contributed by atoms with Crippen LogP contribution in [-0.2, 0) is 19.8 Å². The van der Waals surface area contributed by atoms with Gasteiger partial charge in [0.05, 0.1) is 14.6 Å². The SMILES string of the molecule is C=C[C@H](C[S@@](=O)(=NS(=O)(=O)c1ccc(C)cc1)c1ccccc1)c1ccccc1. The molecule has 0 fully saturated rings. The summed E-state index contributed by atoms with van der Waals surface area (Å²) in [6.45, 7) is 5.73. The number of hydrogen-bond acceptors (Lipinski definition) is 3. The van der Waals surface area contributed by atoms with E-state index in [2.05, 4.69) is 10.3 Å². The van der Waals surface area contributed by atoms with E-state index in [0.29, 0.717) is 4.90 Å². The van der Waals surface area contributed by atoms with Crippen LogP contribution >= 0.6 is 0 Å². The molecule has 0 aliphatic carbocycles. The number of nitrogens with zero attached hydrogens (tertiary/aromatic N) is 1. The number of benzene rings is 3. The van der Waals surface area contributed by atoms with E-state index in [1.54, 1.807) is 48.5 Å². The van der Waals surface area contributed by atoms with Crippen LogP contribution < -0.4 is 0 Å². The Morgan fingerprint density at radius 1 is 0.828 bits per heavy atom. The first-order valence-electron chi connectivity index (χ1n) is 9.14. The summed E-state index contributed by atoms with van der Waals surface area (Å²) in [5, 5.41) is 0. The minimum absolute atomic E-state index is 0.0234. The Bertz CT molecular complexity index is 1190. The van der Waals surface area contributed by atoms with Crippen molar-refractivity contribution in [1.29, 1.82) is 0 Å². The Morgan fingerprint density at radius 2 is 1.38 bits per heavy atom. The number of aryl methyl sites for hydroxylation is 1. The van der Waals surface area contributed by atoms with Crippen molar-refractivity contribution in [3.8, 4) is 0 Å². The lowest BCUT2D eigenvalue weighted by Gasteiger charge is -2.17. The van der Waals surface area contributed by atoms with Gasteiger partial charge >= 0.3 is 0 Å². The van der Waals surface area contributed by atoms with Crippen molar-refractivity contribution in [2.45, 2.75) is 22.6 Å². The molecule has 150 valence electrons. The zero-order valence-electron chi connectivity index (χ0n) is 16.1. The highest BCUT2D eigenvalue weighted by Crippen LogP contribution is 2.27. The zero-order chi connectivity index (χ0) is 20.9. The fourth-order valence-electron chi connectivity index (χ4n) is 2.96. The van der Waals surface area contributed by atoms with Gasteiger partial charge in [0.15, 0.2) is 0 Å². The maximum atomic E-state index is 14.0. The molecular weight excluding hydrogens is 402 g/mol. The second-order valence-electron chi connectivity index (χ2n) is 6.74. The van der Waals surface area contributed by atoms with Crippen molar-refractivity contribution in [3.05, 3.63) is 109 Å². The topological polar surface area (TPSA) is 63.6 Å². The van der Waals surface area contributed by atoms with Crippen LogP contribution in [0.25, 0.3) is 0 Å². The van der Waals surface area contributed by atoms with Crippen LogP contribution in [0, 0.1) is 6.92 Å². The maximum Gasteiger partial charge on any atom is 0.290 e. The first kappa shape index (κ1) is 21.0. The van der Waals surface area contributed by atoms with Crippen LogP contribution in [0.3, 0.4) is 0 Å². The Hall–Kier alpha value is -2.70. The molecule has 6 heteroatoms. The molecule has 2 atom stereocenters. The average Bonchev–Trinajstić information content (AvgIpc) is 2.73. The van der Waals surface area contributed by atoms with E-state index in [9.17, 15) is 12.6 Å². The Labute approximate surface area is 173 Å². The van der Waals surface area contributed by atoms with E-state index in [1.807, 2.05) is 37.3 Å². The second-order valence-corrected chi connectivity index (χ2v) is 10.8. The Balaban J connectivity index is 2.14. The van der Waals surface area contributed by atoms with E-state index >= 15 is 0 Å². The molecule has 0 radical (unpaired) electrons. The number of hydrogen-bond donors (Lipinski definition) is 0. The molecule has 0 aromatic heterocycles. The van der Waals surface area contributed by atoms with Gasteiger partial charge in [-0.25, -0.2) is 4.21 Å². The van der Waals surface area contributed by atoms with Crippen molar-refractivity contribution in [2.24, 2.45) is 3.77 Å². The Kier molecular flexibility index (Phi) is 6.35. The summed E-state index contributed by atoms with van der Waals surface area (Å²) < 4.78 is 43.9. The lowest BCUT2D eigenvalue weighted by atomic mass is 10.0. The maximum absolute atomic E-state index is 14.0. The van der Waals surface area contributed by atoms with Gasteiger partial charge < -0.3 is 0 Å². The highest BCUT2D eigenvalue weighted by atomic mass is 32.3. The monoisotopic (exact) mass is 425 g/mol. The minimum Gasteiger partial charge on any atom is -0.244 e. The number of allylic oxidation sites excluding steroid dienone is 1. The molecule has 0 bridgehead atoms. The third kappa shape index (κ3) is 5.02. The van der Waals surface area contributed by atoms with Gasteiger partial charge in [-0.05, 0) is 36.8 Å². The molecule has 0 unspecified atom stereocenters. The molecule has 0 saturated heterocycles. The van der Waals surface area contributed by atoms with Crippen molar-refractivity contribution >= 4 is 19.8 Å². The summed E-state index contributed by atoms with van der Waals surface area (Å²) in [6.07, 6.45) is 1.69. The standard InChI is InChI=1S/C23H23NO3S2/c1-3-20(21-10-6-4-7-11-21)18-28(25,22-12-8-5-9-13-22)24-29(26,27)23-16-14-19(2)15-17-23/h3-17,20H,1,18H2,2H3/t20-,28+/m1/s1. The van der Waals surface area contributed by atoms with E-state index in [4.69, 9.17) is 0 Å². The number of sulfonamides is 1. The fourth-order valence-corrected chi connectivity index (χ4v) is 7.23. The zero-order valence-corrected chi connectivity index (χ0v) is 17.8. The van der Waals surface area contributed by atoms with Crippen LogP contribution in [-0.4, -0.2) is 18.4 Å². The summed E-state index contributed by atoms with van der Waals surface area (Å²) in [7, 11) is -7.38. The first-order chi connectivity index (χ1) is 13.8. The van der Waals surface area contributed by atoms with Gasteiger partial charge in [-0.15, -0.1) is 10.3 Å². The lowest BCUT2D eigenvalue weighted by Crippen LogP contribution is -2.16. The van der Waals surface area contributed by atoms with Gasteiger partial charge in [0.2, 0.25) is 0 Å². The summed E-state index contributed by atoms with van der Waals surface area (Å²) in [5.41, 5.74) is 1.85. The van der Waals surface area contributed by atoms with Crippen LogP contribution in [0.5, 0.6) is 0 Å². The van der Waals surface area contributed by atoms with Gasteiger partial charge in [0.25, 0.3) is 10.0 Å².